The Balaban J connectivity index is 2.10. The van der Waals surface area contributed by atoms with Crippen LogP contribution in [0.4, 0.5) is 0 Å². The zero-order valence-electron chi connectivity index (χ0n) is 12.3. The van der Waals surface area contributed by atoms with Gasteiger partial charge in [-0.2, -0.15) is 0 Å². The van der Waals surface area contributed by atoms with E-state index in [4.69, 9.17) is 11.6 Å². The number of aromatic nitrogens is 1. The molecular weight excluding hydrogens is 256 g/mol. The average molecular weight is 281 g/mol. The van der Waals surface area contributed by atoms with Gasteiger partial charge in [0, 0.05) is 24.5 Å². The number of rotatable bonds is 4. The molecule has 1 N–H and O–H groups in total. The van der Waals surface area contributed by atoms with Crippen molar-refractivity contribution in [1.29, 1.82) is 0 Å². The van der Waals surface area contributed by atoms with Crippen molar-refractivity contribution in [3.05, 3.63) is 29.0 Å². The van der Waals surface area contributed by atoms with Crippen LogP contribution in [0.2, 0.25) is 5.02 Å². The van der Waals surface area contributed by atoms with Gasteiger partial charge < -0.3 is 5.32 Å². The van der Waals surface area contributed by atoms with Crippen LogP contribution in [0.3, 0.4) is 0 Å². The predicted octanol–water partition coefficient (Wildman–Crippen LogP) is 4.23. The molecule has 1 heterocycles. The maximum absolute atomic E-state index is 6.27. The molecule has 19 heavy (non-hydrogen) atoms. The highest BCUT2D eigenvalue weighted by Gasteiger charge is 2.35. The molecule has 0 saturated heterocycles. The first-order valence-electron chi connectivity index (χ1n) is 7.24. The summed E-state index contributed by atoms with van der Waals surface area (Å²) in [6.45, 7) is 7.77. The van der Waals surface area contributed by atoms with E-state index < -0.39 is 0 Å². The highest BCUT2D eigenvalue weighted by Crippen LogP contribution is 2.41. The Kier molecular flexibility index (Phi) is 4.52. The molecule has 0 radical (unpaired) electrons. The molecule has 1 aromatic rings. The van der Waals surface area contributed by atoms with Gasteiger partial charge in [-0.15, -0.1) is 0 Å². The second-order valence-corrected chi connectivity index (χ2v) is 7.36. The van der Waals surface area contributed by atoms with Gasteiger partial charge in [0.25, 0.3) is 0 Å². The van der Waals surface area contributed by atoms with Crippen LogP contribution in [-0.2, 0) is 6.42 Å². The Morgan fingerprint density at radius 1 is 1.32 bits per heavy atom. The van der Waals surface area contributed by atoms with E-state index in [1.54, 1.807) is 6.20 Å². The van der Waals surface area contributed by atoms with Gasteiger partial charge >= 0.3 is 0 Å². The number of hydrogen-bond donors (Lipinski definition) is 1. The summed E-state index contributed by atoms with van der Waals surface area (Å²) in [5.74, 6) is 0. The summed E-state index contributed by atoms with van der Waals surface area (Å²) in [6.07, 6.45) is 9.96. The number of nitrogens with one attached hydrogen (secondary N) is 1. The van der Waals surface area contributed by atoms with E-state index in [2.05, 4.69) is 37.1 Å². The van der Waals surface area contributed by atoms with Gasteiger partial charge in [0.2, 0.25) is 0 Å². The molecule has 0 aliphatic heterocycles. The van der Waals surface area contributed by atoms with Crippen molar-refractivity contribution >= 4 is 11.6 Å². The lowest BCUT2D eigenvalue weighted by atomic mass is 9.79. The Hall–Kier alpha value is -0.600. The predicted molar refractivity (Wildman–Crippen MR) is 81.6 cm³/mol. The molecule has 0 unspecified atom stereocenters. The van der Waals surface area contributed by atoms with Gasteiger partial charge in [0.15, 0.2) is 0 Å². The highest BCUT2D eigenvalue weighted by atomic mass is 35.5. The zero-order valence-corrected chi connectivity index (χ0v) is 13.1. The zero-order chi connectivity index (χ0) is 13.9. The van der Waals surface area contributed by atoms with Crippen molar-refractivity contribution in [3.63, 3.8) is 0 Å². The molecule has 106 valence electrons. The largest absolute Gasteiger partial charge is 0.312 e. The Labute approximate surface area is 122 Å². The van der Waals surface area contributed by atoms with E-state index in [1.165, 1.54) is 31.2 Å². The number of nitrogens with zero attached hydrogens (tertiary/aromatic N) is 1. The summed E-state index contributed by atoms with van der Waals surface area (Å²) < 4.78 is 0. The Morgan fingerprint density at radius 2 is 2.00 bits per heavy atom. The number of halogens is 1. The normalized spacial score (nSPS) is 18.7. The first kappa shape index (κ1) is 14.8. The van der Waals surface area contributed by atoms with E-state index in [1.807, 2.05) is 6.20 Å². The molecule has 1 aliphatic carbocycles. The van der Waals surface area contributed by atoms with E-state index in [0.29, 0.717) is 5.41 Å². The highest BCUT2D eigenvalue weighted by molar-refractivity contribution is 6.31. The van der Waals surface area contributed by atoms with Crippen LogP contribution in [0, 0.1) is 5.41 Å². The second kappa shape index (κ2) is 5.80. The molecule has 0 amide bonds. The van der Waals surface area contributed by atoms with Gasteiger partial charge in [-0.3, -0.25) is 4.98 Å². The Morgan fingerprint density at radius 3 is 2.58 bits per heavy atom. The van der Waals surface area contributed by atoms with E-state index in [9.17, 15) is 0 Å². The van der Waals surface area contributed by atoms with Gasteiger partial charge in [0.1, 0.15) is 0 Å². The van der Waals surface area contributed by atoms with Crippen LogP contribution in [0.1, 0.15) is 52.0 Å². The molecule has 1 aromatic heterocycles. The molecule has 1 aliphatic rings. The lowest BCUT2D eigenvalue weighted by Gasteiger charge is -2.34. The quantitative estimate of drug-likeness (QED) is 0.893. The fourth-order valence-electron chi connectivity index (χ4n) is 2.95. The smallest absolute Gasteiger partial charge is 0.0621 e. The van der Waals surface area contributed by atoms with E-state index in [-0.39, 0.29) is 5.54 Å². The first-order valence-corrected chi connectivity index (χ1v) is 7.62. The molecular formula is C16H25ClN2. The molecule has 1 saturated carbocycles. The van der Waals surface area contributed by atoms with Crippen molar-refractivity contribution in [2.75, 3.05) is 6.54 Å². The monoisotopic (exact) mass is 280 g/mol. The molecule has 0 bridgehead atoms. The Bertz CT molecular complexity index is 417. The van der Waals surface area contributed by atoms with Crippen LogP contribution in [0.5, 0.6) is 0 Å². The van der Waals surface area contributed by atoms with Gasteiger partial charge in [0.05, 0.1) is 5.02 Å². The van der Waals surface area contributed by atoms with Crippen molar-refractivity contribution in [3.8, 4) is 0 Å². The average Bonchev–Trinajstić information content (AvgIpc) is 2.78. The molecule has 1 fully saturated rings. The van der Waals surface area contributed by atoms with Gasteiger partial charge in [-0.05, 0) is 57.1 Å². The van der Waals surface area contributed by atoms with Crippen molar-refractivity contribution < 1.29 is 0 Å². The third-order valence-electron chi connectivity index (χ3n) is 4.08. The topological polar surface area (TPSA) is 24.9 Å². The maximum Gasteiger partial charge on any atom is 0.0621 e. The van der Waals surface area contributed by atoms with Crippen molar-refractivity contribution in [1.82, 2.24) is 10.3 Å². The van der Waals surface area contributed by atoms with Crippen LogP contribution < -0.4 is 5.32 Å². The summed E-state index contributed by atoms with van der Waals surface area (Å²) >= 11 is 6.27. The molecule has 2 nitrogen and oxygen atoms in total. The van der Waals surface area contributed by atoms with Gasteiger partial charge in [-0.1, -0.05) is 24.4 Å². The molecule has 0 atom stereocenters. The summed E-state index contributed by atoms with van der Waals surface area (Å²) in [6, 6.07) is 2.07. The van der Waals surface area contributed by atoms with Crippen LogP contribution in [0.15, 0.2) is 18.5 Å². The first-order chi connectivity index (χ1) is 8.90. The fraction of sp³-hybridized carbons (Fsp3) is 0.688. The third-order valence-corrected chi connectivity index (χ3v) is 4.42. The maximum atomic E-state index is 6.27. The summed E-state index contributed by atoms with van der Waals surface area (Å²) in [4.78, 5) is 4.08. The van der Waals surface area contributed by atoms with Crippen molar-refractivity contribution in [2.24, 2.45) is 5.41 Å². The van der Waals surface area contributed by atoms with Gasteiger partial charge in [-0.25, -0.2) is 0 Å². The van der Waals surface area contributed by atoms with E-state index >= 15 is 0 Å². The fourth-order valence-corrected chi connectivity index (χ4v) is 3.13. The summed E-state index contributed by atoms with van der Waals surface area (Å²) in [7, 11) is 0. The number of pyridine rings is 1. The van der Waals surface area contributed by atoms with Crippen LogP contribution in [-0.4, -0.2) is 17.1 Å². The third kappa shape index (κ3) is 4.19. The molecule has 3 heteroatoms. The molecule has 0 spiro atoms. The minimum atomic E-state index is 0.178. The van der Waals surface area contributed by atoms with Crippen molar-refractivity contribution in [2.45, 2.75) is 58.4 Å². The van der Waals surface area contributed by atoms with Crippen LogP contribution in [0.25, 0.3) is 0 Å². The summed E-state index contributed by atoms with van der Waals surface area (Å²) in [5.41, 5.74) is 1.80. The number of hydrogen-bond acceptors (Lipinski definition) is 2. The second-order valence-electron chi connectivity index (χ2n) is 6.95. The standard InChI is InChI=1S/C16H25ClN2/c1-15(2,3)19-12-16(7-4-5-8-16)10-13-6-9-18-11-14(13)17/h6,9,11,19H,4-5,7-8,10,12H2,1-3H3. The molecule has 0 aromatic carbocycles. The summed E-state index contributed by atoms with van der Waals surface area (Å²) in [5, 5.41) is 4.50. The minimum absolute atomic E-state index is 0.178. The minimum Gasteiger partial charge on any atom is -0.312 e. The van der Waals surface area contributed by atoms with E-state index in [0.717, 1.165) is 18.0 Å². The SMILES string of the molecule is CC(C)(C)NCC1(Cc2ccncc2Cl)CCCC1. The lowest BCUT2D eigenvalue weighted by molar-refractivity contribution is 0.245. The molecule has 2 rings (SSSR count). The lowest BCUT2D eigenvalue weighted by Crippen LogP contribution is -2.44. The van der Waals surface area contributed by atoms with Crippen LogP contribution >= 0.6 is 11.6 Å².